The van der Waals surface area contributed by atoms with E-state index in [2.05, 4.69) is 0 Å². The lowest BCUT2D eigenvalue weighted by atomic mass is 9.95. The lowest BCUT2D eigenvalue weighted by Crippen LogP contribution is -2.61. The molecule has 0 amide bonds. The molecule has 7 N–H and O–H groups in total. The van der Waals surface area contributed by atoms with Gasteiger partial charge in [0.2, 0.25) is 12.0 Å². The van der Waals surface area contributed by atoms with Crippen LogP contribution in [0.5, 0.6) is 23.0 Å². The summed E-state index contributed by atoms with van der Waals surface area (Å²) in [6.07, 6.45) is -10.8. The normalized spacial score (nSPS) is 32.1. The number of rotatable bonds is 7. The van der Waals surface area contributed by atoms with Gasteiger partial charge in [-0.15, -0.1) is 0 Å². The first kappa shape index (κ1) is 34.3. The predicted octanol–water partition coefficient (Wildman–Crippen LogP) is -0.0535. The van der Waals surface area contributed by atoms with Crippen LogP contribution in [0.1, 0.15) is 36.8 Å². The smallest absolute Gasteiger partial charge is 0.229 e. The third-order valence-electron chi connectivity index (χ3n) is 8.65. The summed E-state index contributed by atoms with van der Waals surface area (Å²) in [5.74, 6) is 0.583. The summed E-state index contributed by atoms with van der Waals surface area (Å²) in [6.45, 7) is -0.758. The molecule has 2 aromatic carbocycles. The number of aliphatic hydroxyl groups excluding tert-OH is 6. The number of fused-ring (bicyclic) bond motifs is 5. The Hall–Kier alpha value is -3.05. The second-order valence-corrected chi connectivity index (χ2v) is 11.8. The molecule has 0 unspecified atom stereocenters. The van der Waals surface area contributed by atoms with Gasteiger partial charge in [0.25, 0.3) is 0 Å². The fraction of sp³-hybridized carbons (Fsp3) is 0.594. The molecule has 9 atom stereocenters. The number of aryl methyl sites for hydroxylation is 2. The molecule has 0 radical (unpaired) electrons. The summed E-state index contributed by atoms with van der Waals surface area (Å²) in [4.78, 5) is 12.5. The topological polar surface area (TPSA) is 214 Å². The number of methoxy groups -OCH3 is 2. The zero-order valence-electron chi connectivity index (χ0n) is 25.7. The molecule has 254 valence electrons. The largest absolute Gasteiger partial charge is 0.507 e. The van der Waals surface area contributed by atoms with Crippen LogP contribution in [0.4, 0.5) is 0 Å². The first-order valence-corrected chi connectivity index (χ1v) is 15.3. The summed E-state index contributed by atoms with van der Waals surface area (Å²) >= 11 is 0. The summed E-state index contributed by atoms with van der Waals surface area (Å²) < 4.78 is 34.3. The Kier molecular flexibility index (Phi) is 11.0. The number of aliphatic hydroxyl groups is 6. The lowest BCUT2D eigenvalue weighted by Gasteiger charge is -2.41. The van der Waals surface area contributed by atoms with E-state index in [1.165, 1.54) is 14.2 Å². The van der Waals surface area contributed by atoms with Gasteiger partial charge in [-0.1, -0.05) is 6.07 Å². The maximum atomic E-state index is 12.5. The maximum absolute atomic E-state index is 12.5. The van der Waals surface area contributed by atoms with Gasteiger partial charge in [0, 0.05) is 24.0 Å². The van der Waals surface area contributed by atoms with Crippen LogP contribution in [0, 0.1) is 0 Å². The van der Waals surface area contributed by atoms with Gasteiger partial charge in [-0.05, 0) is 55.0 Å². The number of ether oxygens (including phenoxy) is 6. The first-order chi connectivity index (χ1) is 22.0. The number of phenolic OH excluding ortho intramolecular Hbond substituents is 1. The number of carbonyl (C=O) groups is 1. The molecule has 14 heteroatoms. The number of ketones is 1. The van der Waals surface area contributed by atoms with Gasteiger partial charge in [0.15, 0.2) is 17.8 Å². The highest BCUT2D eigenvalue weighted by molar-refractivity contribution is 5.82. The van der Waals surface area contributed by atoms with Gasteiger partial charge in [0.05, 0.1) is 27.4 Å². The van der Waals surface area contributed by atoms with E-state index in [0.29, 0.717) is 55.2 Å². The molecule has 2 saturated heterocycles. The number of Topliss-reactive ketones (excluding diaryl/α,β-unsaturated/α-hetero) is 1. The zero-order valence-corrected chi connectivity index (χ0v) is 25.7. The van der Waals surface area contributed by atoms with Crippen LogP contribution in [-0.4, -0.2) is 124 Å². The lowest BCUT2D eigenvalue weighted by molar-refractivity contribution is -0.307. The second kappa shape index (κ2) is 14.8. The third kappa shape index (κ3) is 7.10. The Morgan fingerprint density at radius 3 is 2.22 bits per heavy atom. The predicted molar refractivity (Wildman–Crippen MR) is 159 cm³/mol. The number of benzene rings is 2. The van der Waals surface area contributed by atoms with Crippen molar-refractivity contribution < 1.29 is 69.0 Å². The molecule has 4 bridgehead atoms. The van der Waals surface area contributed by atoms with Crippen molar-refractivity contribution in [1.29, 1.82) is 0 Å². The molecule has 1 aliphatic carbocycles. The molecule has 5 rings (SSSR count). The standard InChI is InChI=1S/C32H42O14/c1-41-29-19-12-16(5-3-4-6-17(33)9-7-15-8-10-20(34)18(19)11-15)28(30(29)42-2)46-32-27(40)25(38)24(37)22(45-32)14-44-31-26(39)23(36)21(35)13-43-31/h8,10-12,21-27,31-32,34-40H,3-7,9,13-14H2,1-2H3/t21-,22+,23-,24+,25-,26+,27+,31-,32-/m0/s1. The summed E-state index contributed by atoms with van der Waals surface area (Å²) in [5, 5.41) is 73.0. The number of carbonyl (C=O) groups excluding carboxylic acids is 1. The van der Waals surface area contributed by atoms with Crippen molar-refractivity contribution in [3.05, 3.63) is 35.4 Å². The Bertz CT molecular complexity index is 1370. The zero-order chi connectivity index (χ0) is 33.1. The average molecular weight is 651 g/mol. The summed E-state index contributed by atoms with van der Waals surface area (Å²) in [6, 6.07) is 6.90. The van der Waals surface area contributed by atoms with Gasteiger partial charge in [-0.25, -0.2) is 0 Å². The van der Waals surface area contributed by atoms with Crippen molar-refractivity contribution in [2.24, 2.45) is 0 Å². The molecule has 0 saturated carbocycles. The number of aromatic hydroxyl groups is 1. The molecule has 2 fully saturated rings. The first-order valence-electron chi connectivity index (χ1n) is 15.3. The molecule has 2 heterocycles. The van der Waals surface area contributed by atoms with Crippen molar-refractivity contribution in [2.45, 2.75) is 93.8 Å². The highest BCUT2D eigenvalue weighted by Crippen LogP contribution is 2.50. The summed E-state index contributed by atoms with van der Waals surface area (Å²) in [5.41, 5.74) is 2.41. The van der Waals surface area contributed by atoms with E-state index in [-0.39, 0.29) is 35.4 Å². The van der Waals surface area contributed by atoms with Crippen LogP contribution >= 0.6 is 0 Å². The third-order valence-corrected chi connectivity index (χ3v) is 8.65. The minimum absolute atomic E-state index is 0.00926. The fourth-order valence-electron chi connectivity index (χ4n) is 5.96. The fourth-order valence-corrected chi connectivity index (χ4v) is 5.96. The van der Waals surface area contributed by atoms with E-state index in [4.69, 9.17) is 28.4 Å². The number of phenols is 1. The number of hydrogen-bond acceptors (Lipinski definition) is 14. The van der Waals surface area contributed by atoms with Crippen molar-refractivity contribution >= 4 is 5.78 Å². The van der Waals surface area contributed by atoms with Crippen LogP contribution in [-0.2, 0) is 31.8 Å². The van der Waals surface area contributed by atoms with E-state index in [0.717, 1.165) is 5.56 Å². The molecular formula is C32H42O14. The van der Waals surface area contributed by atoms with E-state index in [9.17, 15) is 40.5 Å². The Morgan fingerprint density at radius 2 is 1.48 bits per heavy atom. The second-order valence-electron chi connectivity index (χ2n) is 11.8. The van der Waals surface area contributed by atoms with Crippen molar-refractivity contribution in [1.82, 2.24) is 0 Å². The van der Waals surface area contributed by atoms with Crippen molar-refractivity contribution in [3.63, 3.8) is 0 Å². The van der Waals surface area contributed by atoms with Crippen LogP contribution < -0.4 is 14.2 Å². The van der Waals surface area contributed by atoms with Crippen LogP contribution in [0.25, 0.3) is 11.1 Å². The van der Waals surface area contributed by atoms with Crippen LogP contribution in [0.2, 0.25) is 0 Å². The molecule has 2 aromatic rings. The average Bonchev–Trinajstić information content (AvgIpc) is 3.06. The highest BCUT2D eigenvalue weighted by Gasteiger charge is 2.47. The Morgan fingerprint density at radius 1 is 0.761 bits per heavy atom. The molecule has 2 aliphatic heterocycles. The van der Waals surface area contributed by atoms with Crippen LogP contribution in [0.3, 0.4) is 0 Å². The SMILES string of the molecule is COc1c2cc(c(O[C@@H]3O[C@H](CO[C@@H]4OC[C@H](O)[C@H](O)[C@H]4O)[C@@H](O)[C@H](O)[C@H]3O)c1OC)CCCCC(=O)CCc1ccc(O)c-2c1. The Balaban J connectivity index is 1.47. The van der Waals surface area contributed by atoms with Crippen molar-refractivity contribution in [3.8, 4) is 34.1 Å². The van der Waals surface area contributed by atoms with Gasteiger partial charge in [-0.2, -0.15) is 0 Å². The molecule has 0 spiro atoms. The van der Waals surface area contributed by atoms with Gasteiger partial charge in [-0.3, -0.25) is 4.79 Å². The van der Waals surface area contributed by atoms with E-state index in [1.54, 1.807) is 24.3 Å². The Labute approximate surface area is 265 Å². The number of hydrogen-bond donors (Lipinski definition) is 7. The van der Waals surface area contributed by atoms with E-state index in [1.807, 2.05) is 0 Å². The monoisotopic (exact) mass is 650 g/mol. The van der Waals surface area contributed by atoms with E-state index < -0.39 is 61.9 Å². The van der Waals surface area contributed by atoms with Crippen LogP contribution in [0.15, 0.2) is 24.3 Å². The van der Waals surface area contributed by atoms with Gasteiger partial charge >= 0.3 is 0 Å². The molecule has 14 nitrogen and oxygen atoms in total. The minimum atomic E-state index is -1.74. The molecular weight excluding hydrogens is 608 g/mol. The minimum Gasteiger partial charge on any atom is -0.507 e. The maximum Gasteiger partial charge on any atom is 0.229 e. The highest BCUT2D eigenvalue weighted by atomic mass is 16.7. The van der Waals surface area contributed by atoms with Gasteiger partial charge < -0.3 is 64.2 Å². The molecule has 46 heavy (non-hydrogen) atoms. The van der Waals surface area contributed by atoms with Crippen molar-refractivity contribution in [2.75, 3.05) is 27.4 Å². The van der Waals surface area contributed by atoms with Gasteiger partial charge in [0.1, 0.15) is 54.3 Å². The van der Waals surface area contributed by atoms with E-state index >= 15 is 0 Å². The quantitative estimate of drug-likeness (QED) is 0.209. The molecule has 0 aromatic heterocycles. The summed E-state index contributed by atoms with van der Waals surface area (Å²) in [7, 11) is 2.82. The molecule has 3 aliphatic rings.